The highest BCUT2D eigenvalue weighted by Crippen LogP contribution is 2.32. The van der Waals surface area contributed by atoms with E-state index in [9.17, 15) is 13.2 Å². The normalized spacial score (nSPS) is 20.5. The summed E-state index contributed by atoms with van der Waals surface area (Å²) < 4.78 is 26.5. The lowest BCUT2D eigenvalue weighted by atomic mass is 9.85. The summed E-state index contributed by atoms with van der Waals surface area (Å²) >= 11 is 0.948. The second-order valence-electron chi connectivity index (χ2n) is 5.87. The van der Waals surface area contributed by atoms with Crippen molar-refractivity contribution in [2.24, 2.45) is 5.41 Å². The fourth-order valence-corrected chi connectivity index (χ4v) is 4.93. The average molecular weight is 317 g/mol. The highest BCUT2D eigenvalue weighted by Gasteiger charge is 2.31. The van der Waals surface area contributed by atoms with Crippen LogP contribution in [0.1, 0.15) is 42.8 Å². The summed E-state index contributed by atoms with van der Waals surface area (Å²) in [5, 5.41) is 10.3. The third-order valence-electron chi connectivity index (χ3n) is 3.72. The van der Waals surface area contributed by atoms with Crippen LogP contribution >= 0.6 is 11.3 Å². The molecule has 1 saturated heterocycles. The first-order valence-electron chi connectivity index (χ1n) is 6.54. The molecule has 0 amide bonds. The molecule has 2 rings (SSSR count). The first kappa shape index (κ1) is 15.5. The Bertz CT molecular complexity index is 604. The maximum atomic E-state index is 12.5. The maximum absolute atomic E-state index is 12.5. The zero-order valence-electron chi connectivity index (χ0n) is 11.6. The number of carbonyl (C=O) groups is 1. The van der Waals surface area contributed by atoms with E-state index in [0.717, 1.165) is 30.6 Å². The number of carboxylic acid groups (broad SMARTS) is 1. The molecule has 1 N–H and O–H groups in total. The van der Waals surface area contributed by atoms with Crippen LogP contribution in [0, 0.1) is 5.41 Å². The number of aromatic carboxylic acids is 1. The molecule has 1 fully saturated rings. The van der Waals surface area contributed by atoms with Crippen LogP contribution in [0.2, 0.25) is 0 Å². The molecule has 1 aromatic rings. The van der Waals surface area contributed by atoms with Gasteiger partial charge in [-0.25, -0.2) is 13.2 Å². The number of hydrogen-bond donors (Lipinski definition) is 1. The van der Waals surface area contributed by atoms with Crippen LogP contribution in [0.25, 0.3) is 0 Å². The third kappa shape index (κ3) is 3.21. The Balaban J connectivity index is 2.23. The summed E-state index contributed by atoms with van der Waals surface area (Å²) in [6.07, 6.45) is 2.66. The van der Waals surface area contributed by atoms with E-state index in [1.165, 1.54) is 15.8 Å². The molecule has 7 heteroatoms. The molecule has 1 aliphatic rings. The smallest absolute Gasteiger partial charge is 0.345 e. The van der Waals surface area contributed by atoms with Gasteiger partial charge in [0.15, 0.2) is 0 Å². The lowest BCUT2D eigenvalue weighted by Crippen LogP contribution is -2.32. The molecule has 112 valence electrons. The molecule has 0 bridgehead atoms. The Morgan fingerprint density at radius 1 is 1.35 bits per heavy atom. The van der Waals surface area contributed by atoms with Crippen LogP contribution in [0.5, 0.6) is 0 Å². The summed E-state index contributed by atoms with van der Waals surface area (Å²) in [5.41, 5.74) is 0.158. The minimum absolute atomic E-state index is 0.0544. The van der Waals surface area contributed by atoms with Crippen LogP contribution in [0.4, 0.5) is 0 Å². The molecule has 2 heterocycles. The summed E-state index contributed by atoms with van der Waals surface area (Å²) in [4.78, 5) is 11.0. The van der Waals surface area contributed by atoms with Gasteiger partial charge in [0.25, 0.3) is 0 Å². The molecule has 0 aliphatic carbocycles. The molecular weight excluding hydrogens is 298 g/mol. The summed E-state index contributed by atoms with van der Waals surface area (Å²) in [6, 6.07) is 1.25. The van der Waals surface area contributed by atoms with Gasteiger partial charge in [0, 0.05) is 18.5 Å². The van der Waals surface area contributed by atoms with Crippen molar-refractivity contribution in [3.05, 3.63) is 16.3 Å². The van der Waals surface area contributed by atoms with Crippen molar-refractivity contribution in [1.29, 1.82) is 0 Å². The van der Waals surface area contributed by atoms with Gasteiger partial charge in [-0.1, -0.05) is 13.8 Å². The number of rotatable bonds is 3. The molecule has 1 aromatic heterocycles. The highest BCUT2D eigenvalue weighted by atomic mass is 32.2. The highest BCUT2D eigenvalue weighted by molar-refractivity contribution is 7.89. The predicted molar refractivity (Wildman–Crippen MR) is 77.7 cm³/mol. The number of sulfonamides is 1. The Morgan fingerprint density at radius 2 is 2.05 bits per heavy atom. The largest absolute Gasteiger partial charge is 0.477 e. The topological polar surface area (TPSA) is 74.7 Å². The van der Waals surface area contributed by atoms with Crippen molar-refractivity contribution in [1.82, 2.24) is 4.31 Å². The molecule has 20 heavy (non-hydrogen) atoms. The van der Waals surface area contributed by atoms with Crippen LogP contribution < -0.4 is 0 Å². The summed E-state index contributed by atoms with van der Waals surface area (Å²) in [6.45, 7) is 5.30. The van der Waals surface area contributed by atoms with E-state index in [1.54, 1.807) is 0 Å². The predicted octanol–water partition coefficient (Wildman–Crippen LogP) is 2.65. The molecule has 0 unspecified atom stereocenters. The second kappa shape index (κ2) is 5.46. The maximum Gasteiger partial charge on any atom is 0.345 e. The van der Waals surface area contributed by atoms with Crippen LogP contribution in [0.15, 0.2) is 16.3 Å². The van der Waals surface area contributed by atoms with Gasteiger partial charge in [-0.2, -0.15) is 4.31 Å². The van der Waals surface area contributed by atoms with Gasteiger partial charge in [0.1, 0.15) is 4.88 Å². The van der Waals surface area contributed by atoms with E-state index in [4.69, 9.17) is 5.11 Å². The summed E-state index contributed by atoms with van der Waals surface area (Å²) in [7, 11) is -3.57. The van der Waals surface area contributed by atoms with Gasteiger partial charge in [0.05, 0.1) is 4.90 Å². The van der Waals surface area contributed by atoms with E-state index >= 15 is 0 Å². The molecule has 0 atom stereocenters. The zero-order chi connectivity index (χ0) is 15.0. The van der Waals surface area contributed by atoms with Gasteiger partial charge in [-0.3, -0.25) is 0 Å². The van der Waals surface area contributed by atoms with E-state index in [2.05, 4.69) is 13.8 Å². The molecule has 1 aliphatic heterocycles. The quantitative estimate of drug-likeness (QED) is 0.930. The van der Waals surface area contributed by atoms with E-state index < -0.39 is 16.0 Å². The number of carboxylic acids is 1. The van der Waals surface area contributed by atoms with Crippen LogP contribution in [-0.4, -0.2) is 36.9 Å². The van der Waals surface area contributed by atoms with Crippen molar-refractivity contribution in [3.8, 4) is 0 Å². The van der Waals surface area contributed by atoms with Gasteiger partial charge >= 0.3 is 5.97 Å². The zero-order valence-corrected chi connectivity index (χ0v) is 13.3. The molecule has 5 nitrogen and oxygen atoms in total. The minimum atomic E-state index is -3.57. The molecule has 0 saturated carbocycles. The fraction of sp³-hybridized carbons (Fsp3) is 0.615. The standard InChI is InChI=1S/C13H19NO4S2/c1-13(2)4-3-6-14(7-5-13)20(17,18)10-8-11(12(15)16)19-9-10/h8-9H,3-7H2,1-2H3,(H,15,16). The van der Waals surface area contributed by atoms with Crippen LogP contribution in [0.3, 0.4) is 0 Å². The molecule has 0 spiro atoms. The van der Waals surface area contributed by atoms with E-state index in [-0.39, 0.29) is 15.2 Å². The first-order valence-corrected chi connectivity index (χ1v) is 8.86. The van der Waals surface area contributed by atoms with Gasteiger partial charge < -0.3 is 5.11 Å². The van der Waals surface area contributed by atoms with Crippen LogP contribution in [-0.2, 0) is 10.0 Å². The van der Waals surface area contributed by atoms with Crippen molar-refractivity contribution in [2.45, 2.75) is 38.0 Å². The van der Waals surface area contributed by atoms with Gasteiger partial charge in [-0.05, 0) is 30.7 Å². The fourth-order valence-electron chi connectivity index (χ4n) is 2.35. The average Bonchev–Trinajstić information content (AvgIpc) is 2.76. The second-order valence-corrected chi connectivity index (χ2v) is 8.72. The Hall–Kier alpha value is -0.920. The Morgan fingerprint density at radius 3 is 2.65 bits per heavy atom. The van der Waals surface area contributed by atoms with E-state index in [1.807, 2.05) is 0 Å². The Kier molecular flexibility index (Phi) is 4.22. The first-order chi connectivity index (χ1) is 9.22. The Labute approximate surface area is 123 Å². The van der Waals surface area contributed by atoms with E-state index in [0.29, 0.717) is 13.1 Å². The lowest BCUT2D eigenvalue weighted by molar-refractivity contribution is 0.0702. The van der Waals surface area contributed by atoms with Gasteiger partial charge in [-0.15, -0.1) is 11.3 Å². The molecule has 0 aromatic carbocycles. The number of hydrogen-bond acceptors (Lipinski definition) is 4. The number of thiophene rings is 1. The monoisotopic (exact) mass is 317 g/mol. The van der Waals surface area contributed by atoms with Crippen molar-refractivity contribution >= 4 is 27.3 Å². The van der Waals surface area contributed by atoms with Crippen molar-refractivity contribution in [2.75, 3.05) is 13.1 Å². The minimum Gasteiger partial charge on any atom is -0.477 e. The molecule has 0 radical (unpaired) electrons. The third-order valence-corrected chi connectivity index (χ3v) is 6.67. The van der Waals surface area contributed by atoms with Crippen molar-refractivity contribution in [3.63, 3.8) is 0 Å². The van der Waals surface area contributed by atoms with Gasteiger partial charge in [0.2, 0.25) is 10.0 Å². The SMILES string of the molecule is CC1(C)CCCN(S(=O)(=O)c2csc(C(=O)O)c2)CC1. The lowest BCUT2D eigenvalue weighted by Gasteiger charge is -2.22. The molecular formula is C13H19NO4S2. The number of nitrogens with zero attached hydrogens (tertiary/aromatic N) is 1. The van der Waals surface area contributed by atoms with Crippen molar-refractivity contribution < 1.29 is 18.3 Å². The summed E-state index contributed by atoms with van der Waals surface area (Å²) in [5.74, 6) is -1.09.